The molecule has 0 bridgehead atoms. The molecule has 0 spiro atoms. The monoisotopic (exact) mass is 467 g/mol. The van der Waals surface area contributed by atoms with Gasteiger partial charge in [-0.3, -0.25) is 0 Å². The van der Waals surface area contributed by atoms with Gasteiger partial charge in [0.1, 0.15) is 17.1 Å². The summed E-state index contributed by atoms with van der Waals surface area (Å²) in [5.41, 5.74) is -0.563. The third-order valence-electron chi connectivity index (χ3n) is 4.52. The molecule has 170 valence electrons. The predicted molar refractivity (Wildman–Crippen MR) is 123 cm³/mol. The minimum Gasteiger partial charge on any atom is -0.507 e. The van der Waals surface area contributed by atoms with Gasteiger partial charge < -0.3 is 25.0 Å². The average Bonchev–Trinajstić information content (AvgIpc) is 2.67. The number of aliphatic hydroxyl groups is 1. The summed E-state index contributed by atoms with van der Waals surface area (Å²) in [6.45, 7) is 6.89. The summed E-state index contributed by atoms with van der Waals surface area (Å²) < 4.78 is 10.5. The van der Waals surface area contributed by atoms with E-state index in [1.807, 2.05) is 18.2 Å². The first kappa shape index (κ1) is 25.2. The number of methoxy groups -OCH3 is 1. The van der Waals surface area contributed by atoms with Crippen molar-refractivity contribution in [1.29, 1.82) is 0 Å². The predicted octanol–water partition coefficient (Wildman–Crippen LogP) is 5.41. The van der Waals surface area contributed by atoms with Crippen molar-refractivity contribution < 1.29 is 24.5 Å². The van der Waals surface area contributed by atoms with Gasteiger partial charge in [-0.2, -0.15) is 0 Å². The van der Waals surface area contributed by atoms with Crippen molar-refractivity contribution in [3.63, 3.8) is 0 Å². The molecule has 2 rings (SSSR count). The highest BCUT2D eigenvalue weighted by molar-refractivity contribution is 7.99. The fourth-order valence-electron chi connectivity index (χ4n) is 2.77. The number of carbonyl (C=O) groups excluding carboxylic acids is 1. The Morgan fingerprint density at radius 3 is 2.45 bits per heavy atom. The second-order valence-corrected chi connectivity index (χ2v) is 10.1. The van der Waals surface area contributed by atoms with Gasteiger partial charge in [-0.25, -0.2) is 4.79 Å². The fourth-order valence-corrected chi connectivity index (χ4v) is 4.02. The van der Waals surface area contributed by atoms with Crippen LogP contribution >= 0.6 is 23.4 Å². The topological polar surface area (TPSA) is 88.0 Å². The molecule has 1 atom stereocenters. The Balaban J connectivity index is 2.05. The van der Waals surface area contributed by atoms with Gasteiger partial charge in [0, 0.05) is 9.92 Å². The van der Waals surface area contributed by atoms with Crippen molar-refractivity contribution in [2.45, 2.75) is 61.5 Å². The van der Waals surface area contributed by atoms with Crippen LogP contribution in [0.15, 0.2) is 46.2 Å². The van der Waals surface area contributed by atoms with Crippen LogP contribution in [0, 0.1) is 0 Å². The molecule has 0 saturated carbocycles. The molecule has 3 N–H and O–H groups in total. The number of hydrogen-bond donors (Lipinski definition) is 3. The van der Waals surface area contributed by atoms with Gasteiger partial charge in [0.05, 0.1) is 24.2 Å². The Bertz CT molecular complexity index is 915. The lowest BCUT2D eigenvalue weighted by atomic mass is 9.94. The summed E-state index contributed by atoms with van der Waals surface area (Å²) >= 11 is 7.86. The molecule has 0 saturated heterocycles. The minimum atomic E-state index is -0.842. The number of rotatable bonds is 8. The zero-order valence-electron chi connectivity index (χ0n) is 18.5. The van der Waals surface area contributed by atoms with Gasteiger partial charge in [0.25, 0.3) is 0 Å². The van der Waals surface area contributed by atoms with Gasteiger partial charge in [-0.05, 0) is 76.4 Å². The highest BCUT2D eigenvalue weighted by Gasteiger charge is 2.28. The highest BCUT2D eigenvalue weighted by Crippen LogP contribution is 2.38. The quantitative estimate of drug-likeness (QED) is 0.480. The third kappa shape index (κ3) is 7.83. The minimum absolute atomic E-state index is 0.165. The number of aliphatic hydroxyl groups excluding tert-OH is 1. The molecule has 0 heterocycles. The van der Waals surface area contributed by atoms with Crippen LogP contribution in [0.4, 0.5) is 4.79 Å². The van der Waals surface area contributed by atoms with Crippen molar-refractivity contribution >= 4 is 29.5 Å². The Hall–Kier alpha value is -2.09. The van der Waals surface area contributed by atoms with E-state index in [0.717, 1.165) is 10.5 Å². The van der Waals surface area contributed by atoms with Crippen LogP contribution in [0.1, 0.15) is 39.7 Å². The number of benzene rings is 2. The fraction of sp³-hybridized carbons (Fsp3) is 0.435. The lowest BCUT2D eigenvalue weighted by Gasteiger charge is -2.30. The SMILES string of the molecule is COc1ccc(O)c(Sc2ccc(CC[C@@](C)(CO)NC(=O)OC(C)(C)C)c(Cl)c2)c1. The van der Waals surface area contributed by atoms with E-state index in [4.69, 9.17) is 21.1 Å². The lowest BCUT2D eigenvalue weighted by Crippen LogP contribution is -2.50. The van der Waals surface area contributed by atoms with Crippen LogP contribution < -0.4 is 10.1 Å². The maximum atomic E-state index is 12.1. The average molecular weight is 468 g/mol. The summed E-state index contributed by atoms with van der Waals surface area (Å²) in [5.74, 6) is 0.821. The Labute approximate surface area is 192 Å². The summed E-state index contributed by atoms with van der Waals surface area (Å²) in [6, 6.07) is 10.7. The van der Waals surface area contributed by atoms with Crippen LogP contribution in [-0.2, 0) is 11.2 Å². The molecule has 0 fully saturated rings. The van der Waals surface area contributed by atoms with E-state index >= 15 is 0 Å². The molecule has 1 amide bonds. The van der Waals surface area contributed by atoms with Crippen LogP contribution in [0.3, 0.4) is 0 Å². The second kappa shape index (κ2) is 10.5. The molecule has 31 heavy (non-hydrogen) atoms. The summed E-state index contributed by atoms with van der Waals surface area (Å²) in [6.07, 6.45) is 0.465. The van der Waals surface area contributed by atoms with E-state index in [9.17, 15) is 15.0 Å². The van der Waals surface area contributed by atoms with Gasteiger partial charge >= 0.3 is 6.09 Å². The number of carbonyl (C=O) groups is 1. The summed E-state index contributed by atoms with van der Waals surface area (Å²) in [5, 5.41) is 23.2. The maximum absolute atomic E-state index is 12.1. The standard InChI is InChI=1S/C23H30ClNO5S/c1-22(2,3)30-21(28)25-23(4,14-26)11-10-15-6-8-17(13-18(15)24)31-20-12-16(29-5)7-9-19(20)27/h6-9,12-13,26-27H,10-11,14H2,1-5H3,(H,25,28)/t23-/m0/s1. The molecular weight excluding hydrogens is 438 g/mol. The molecule has 2 aromatic carbocycles. The molecule has 0 radical (unpaired) electrons. The Kier molecular flexibility index (Phi) is 8.51. The van der Waals surface area contributed by atoms with E-state index < -0.39 is 17.2 Å². The Morgan fingerprint density at radius 2 is 1.87 bits per heavy atom. The number of phenols is 1. The van der Waals surface area contributed by atoms with Crippen LogP contribution in [0.2, 0.25) is 5.02 Å². The van der Waals surface area contributed by atoms with Crippen molar-refractivity contribution in [2.75, 3.05) is 13.7 Å². The van der Waals surface area contributed by atoms with Crippen molar-refractivity contribution in [3.05, 3.63) is 47.0 Å². The van der Waals surface area contributed by atoms with E-state index in [0.29, 0.717) is 28.5 Å². The van der Waals surface area contributed by atoms with Crippen LogP contribution in [-0.4, -0.2) is 41.2 Å². The summed E-state index contributed by atoms with van der Waals surface area (Å²) in [4.78, 5) is 13.6. The van der Waals surface area contributed by atoms with Gasteiger partial charge in [0.2, 0.25) is 0 Å². The number of phenolic OH excluding ortho intramolecular Hbond substituents is 1. The first-order valence-electron chi connectivity index (χ1n) is 9.90. The number of hydrogen-bond acceptors (Lipinski definition) is 6. The molecule has 0 aliphatic carbocycles. The molecule has 2 aromatic rings. The van der Waals surface area contributed by atoms with E-state index in [-0.39, 0.29) is 12.4 Å². The molecular formula is C23H30ClNO5S. The van der Waals surface area contributed by atoms with E-state index in [1.54, 1.807) is 53.0 Å². The van der Waals surface area contributed by atoms with Gasteiger partial charge in [-0.15, -0.1) is 0 Å². The number of halogens is 1. The molecule has 0 aliphatic heterocycles. The highest BCUT2D eigenvalue weighted by atomic mass is 35.5. The number of aryl methyl sites for hydroxylation is 1. The number of amides is 1. The number of nitrogens with one attached hydrogen (secondary N) is 1. The molecule has 8 heteroatoms. The third-order valence-corrected chi connectivity index (χ3v) is 5.91. The first-order chi connectivity index (χ1) is 14.4. The van der Waals surface area contributed by atoms with Crippen LogP contribution in [0.25, 0.3) is 0 Å². The first-order valence-corrected chi connectivity index (χ1v) is 11.1. The molecule has 0 aromatic heterocycles. The van der Waals surface area contributed by atoms with Crippen LogP contribution in [0.5, 0.6) is 11.5 Å². The molecule has 0 unspecified atom stereocenters. The van der Waals surface area contributed by atoms with Gasteiger partial charge in [-0.1, -0.05) is 29.4 Å². The zero-order chi connectivity index (χ0) is 23.2. The second-order valence-electron chi connectivity index (χ2n) is 8.53. The largest absolute Gasteiger partial charge is 0.507 e. The van der Waals surface area contributed by atoms with Crippen molar-refractivity contribution in [2.24, 2.45) is 0 Å². The molecule has 0 aliphatic rings. The summed E-state index contributed by atoms with van der Waals surface area (Å²) in [7, 11) is 1.57. The Morgan fingerprint density at radius 1 is 1.16 bits per heavy atom. The van der Waals surface area contributed by atoms with Gasteiger partial charge in [0.15, 0.2) is 0 Å². The molecule has 6 nitrogen and oxygen atoms in total. The smallest absolute Gasteiger partial charge is 0.408 e. The number of aromatic hydroxyl groups is 1. The number of alkyl carbamates (subject to hydrolysis) is 1. The van der Waals surface area contributed by atoms with E-state index in [2.05, 4.69) is 5.32 Å². The zero-order valence-corrected chi connectivity index (χ0v) is 20.1. The maximum Gasteiger partial charge on any atom is 0.408 e. The normalized spacial score (nSPS) is 13.4. The number of ether oxygens (including phenoxy) is 2. The van der Waals surface area contributed by atoms with Crippen molar-refractivity contribution in [1.82, 2.24) is 5.32 Å². The van der Waals surface area contributed by atoms with E-state index in [1.165, 1.54) is 11.8 Å². The van der Waals surface area contributed by atoms with Crippen molar-refractivity contribution in [3.8, 4) is 11.5 Å². The lowest BCUT2D eigenvalue weighted by molar-refractivity contribution is 0.0407.